The van der Waals surface area contributed by atoms with Crippen molar-refractivity contribution < 1.29 is 9.53 Å². The lowest BCUT2D eigenvalue weighted by molar-refractivity contribution is -0.137. The fourth-order valence-electron chi connectivity index (χ4n) is 4.89. The number of amides is 1. The van der Waals surface area contributed by atoms with Crippen molar-refractivity contribution in [1.82, 2.24) is 14.7 Å². The first-order valence-corrected chi connectivity index (χ1v) is 10.6. The molecule has 1 amide bonds. The van der Waals surface area contributed by atoms with E-state index < -0.39 is 0 Å². The first-order valence-electron chi connectivity index (χ1n) is 10.6. The Morgan fingerprint density at radius 2 is 1.85 bits per heavy atom. The Bertz CT molecular complexity index is 603. The monoisotopic (exact) mass is 371 g/mol. The molecule has 5 heteroatoms. The van der Waals surface area contributed by atoms with Crippen LogP contribution in [0.3, 0.4) is 0 Å². The SMILES string of the molecule is O=C(CN1C[C@@H]2CC[C@H]1CN(CCCc1ccccc1)C2)N1CCOCC1. The summed E-state index contributed by atoms with van der Waals surface area (Å²) in [5.74, 6) is 1.01. The standard InChI is InChI=1S/C22H33N3O2/c26-22(24-11-13-27-14-12-24)18-25-16-20-8-9-21(25)17-23(15-20)10-4-7-19-5-2-1-3-6-19/h1-3,5-6,20-21H,4,7-18H2/t20-,21+/m1/s1. The highest BCUT2D eigenvalue weighted by Gasteiger charge is 2.36. The van der Waals surface area contributed by atoms with Gasteiger partial charge in [0.05, 0.1) is 19.8 Å². The summed E-state index contributed by atoms with van der Waals surface area (Å²) < 4.78 is 5.38. The Kier molecular flexibility index (Phi) is 6.43. The number of hydrogen-bond acceptors (Lipinski definition) is 4. The summed E-state index contributed by atoms with van der Waals surface area (Å²) in [5, 5.41) is 0. The summed E-state index contributed by atoms with van der Waals surface area (Å²) in [6, 6.07) is 11.3. The van der Waals surface area contributed by atoms with Gasteiger partial charge in [-0.2, -0.15) is 0 Å². The Balaban J connectivity index is 1.27. The molecule has 4 aliphatic heterocycles. The van der Waals surface area contributed by atoms with Crippen LogP contribution in [0.5, 0.6) is 0 Å². The van der Waals surface area contributed by atoms with Crippen molar-refractivity contribution in [2.45, 2.75) is 31.7 Å². The van der Waals surface area contributed by atoms with Crippen LogP contribution >= 0.6 is 0 Å². The van der Waals surface area contributed by atoms with E-state index in [2.05, 4.69) is 40.1 Å². The van der Waals surface area contributed by atoms with Crippen LogP contribution < -0.4 is 0 Å². The molecule has 2 atom stereocenters. The van der Waals surface area contributed by atoms with E-state index in [9.17, 15) is 4.79 Å². The molecule has 1 aromatic carbocycles. The van der Waals surface area contributed by atoms with Gasteiger partial charge >= 0.3 is 0 Å². The van der Waals surface area contributed by atoms with Gasteiger partial charge in [-0.05, 0) is 43.7 Å². The van der Waals surface area contributed by atoms with E-state index in [1.165, 1.54) is 37.9 Å². The molecule has 0 aromatic heterocycles. The van der Waals surface area contributed by atoms with Gasteiger partial charge in [0.2, 0.25) is 5.91 Å². The minimum absolute atomic E-state index is 0.293. The molecule has 1 aromatic rings. The van der Waals surface area contributed by atoms with E-state index in [0.717, 1.165) is 38.5 Å². The number of carbonyl (C=O) groups excluding carboxylic acids is 1. The van der Waals surface area contributed by atoms with Crippen LogP contribution in [-0.4, -0.2) is 85.7 Å². The van der Waals surface area contributed by atoms with Crippen LogP contribution in [0.1, 0.15) is 24.8 Å². The molecular weight excluding hydrogens is 338 g/mol. The van der Waals surface area contributed by atoms with Gasteiger partial charge in [0.25, 0.3) is 0 Å². The van der Waals surface area contributed by atoms with Gasteiger partial charge in [-0.1, -0.05) is 30.3 Å². The molecule has 0 radical (unpaired) electrons. The number of hydrogen-bond donors (Lipinski definition) is 0. The van der Waals surface area contributed by atoms with Crippen molar-refractivity contribution in [2.24, 2.45) is 5.92 Å². The second kappa shape index (κ2) is 9.18. The fourth-order valence-corrected chi connectivity index (χ4v) is 4.89. The lowest BCUT2D eigenvalue weighted by Gasteiger charge is -2.37. The zero-order chi connectivity index (χ0) is 18.5. The highest BCUT2D eigenvalue weighted by molar-refractivity contribution is 5.78. The summed E-state index contributed by atoms with van der Waals surface area (Å²) in [7, 11) is 0. The predicted molar refractivity (Wildman–Crippen MR) is 107 cm³/mol. The second-order valence-electron chi connectivity index (χ2n) is 8.37. The molecule has 5 nitrogen and oxygen atoms in total. The number of rotatable bonds is 6. The number of nitrogens with zero attached hydrogens (tertiary/aromatic N) is 3. The number of piperidine rings is 1. The van der Waals surface area contributed by atoms with Crippen molar-refractivity contribution in [1.29, 1.82) is 0 Å². The maximum absolute atomic E-state index is 12.7. The minimum Gasteiger partial charge on any atom is -0.378 e. The molecule has 4 fully saturated rings. The van der Waals surface area contributed by atoms with E-state index in [1.54, 1.807) is 0 Å². The normalized spacial score (nSPS) is 26.9. The molecule has 0 saturated carbocycles. The van der Waals surface area contributed by atoms with Crippen LogP contribution in [0, 0.1) is 5.92 Å². The van der Waals surface area contributed by atoms with E-state index in [1.807, 2.05) is 4.90 Å². The first-order chi connectivity index (χ1) is 13.3. The number of aryl methyl sites for hydroxylation is 1. The van der Waals surface area contributed by atoms with Gasteiger partial charge in [-0.25, -0.2) is 0 Å². The molecule has 148 valence electrons. The maximum atomic E-state index is 12.7. The van der Waals surface area contributed by atoms with Gasteiger partial charge in [-0.3, -0.25) is 9.69 Å². The van der Waals surface area contributed by atoms with E-state index in [0.29, 0.717) is 31.7 Å². The third-order valence-electron chi connectivity index (χ3n) is 6.39. The Morgan fingerprint density at radius 1 is 1.04 bits per heavy atom. The van der Waals surface area contributed by atoms with Crippen molar-refractivity contribution >= 4 is 5.91 Å². The molecule has 5 rings (SSSR count). The van der Waals surface area contributed by atoms with Gasteiger partial charge in [0.1, 0.15) is 0 Å². The summed E-state index contributed by atoms with van der Waals surface area (Å²) >= 11 is 0. The zero-order valence-electron chi connectivity index (χ0n) is 16.4. The van der Waals surface area contributed by atoms with Crippen molar-refractivity contribution in [2.75, 3.05) is 59.0 Å². The van der Waals surface area contributed by atoms with Crippen LogP contribution in [0.2, 0.25) is 0 Å². The molecule has 0 spiro atoms. The van der Waals surface area contributed by atoms with E-state index in [4.69, 9.17) is 4.74 Å². The smallest absolute Gasteiger partial charge is 0.236 e. The molecule has 0 aliphatic carbocycles. The summed E-state index contributed by atoms with van der Waals surface area (Å²) in [5.41, 5.74) is 1.44. The average Bonchev–Trinajstić information content (AvgIpc) is 3.00. The van der Waals surface area contributed by atoms with E-state index >= 15 is 0 Å². The van der Waals surface area contributed by atoms with Crippen LogP contribution in [0.25, 0.3) is 0 Å². The Hall–Kier alpha value is -1.43. The van der Waals surface area contributed by atoms with Crippen molar-refractivity contribution in [3.05, 3.63) is 35.9 Å². The third-order valence-corrected chi connectivity index (χ3v) is 6.39. The van der Waals surface area contributed by atoms with Crippen molar-refractivity contribution in [3.63, 3.8) is 0 Å². The molecular formula is C22H33N3O2. The molecule has 2 bridgehead atoms. The zero-order valence-corrected chi connectivity index (χ0v) is 16.4. The van der Waals surface area contributed by atoms with Gasteiger partial charge in [0, 0.05) is 38.8 Å². The summed E-state index contributed by atoms with van der Waals surface area (Å²) in [4.78, 5) is 19.8. The lowest BCUT2D eigenvalue weighted by atomic mass is 9.95. The molecule has 4 heterocycles. The van der Waals surface area contributed by atoms with E-state index in [-0.39, 0.29) is 0 Å². The summed E-state index contributed by atoms with van der Waals surface area (Å²) in [6.07, 6.45) is 4.94. The molecule has 27 heavy (non-hydrogen) atoms. The fraction of sp³-hybridized carbons (Fsp3) is 0.682. The maximum Gasteiger partial charge on any atom is 0.236 e. The van der Waals surface area contributed by atoms with Gasteiger partial charge in [0.15, 0.2) is 0 Å². The Labute approximate surface area is 163 Å². The van der Waals surface area contributed by atoms with Gasteiger partial charge in [-0.15, -0.1) is 0 Å². The number of fused-ring (bicyclic) bond motifs is 4. The van der Waals surface area contributed by atoms with Gasteiger partial charge < -0.3 is 14.5 Å². The van der Waals surface area contributed by atoms with Crippen LogP contribution in [-0.2, 0) is 16.0 Å². The topological polar surface area (TPSA) is 36.0 Å². The lowest BCUT2D eigenvalue weighted by Crippen LogP contribution is -2.51. The number of carbonyl (C=O) groups is 1. The molecule has 0 N–H and O–H groups in total. The highest BCUT2D eigenvalue weighted by Crippen LogP contribution is 2.28. The largest absolute Gasteiger partial charge is 0.378 e. The highest BCUT2D eigenvalue weighted by atomic mass is 16.5. The predicted octanol–water partition coefficient (Wildman–Crippen LogP) is 1.87. The minimum atomic E-state index is 0.293. The number of ether oxygens (including phenoxy) is 1. The second-order valence-corrected chi connectivity index (χ2v) is 8.37. The third kappa shape index (κ3) is 5.09. The number of benzene rings is 1. The summed E-state index contributed by atoms with van der Waals surface area (Å²) in [6.45, 7) is 8.08. The molecule has 4 aliphatic rings. The van der Waals surface area contributed by atoms with Crippen molar-refractivity contribution in [3.8, 4) is 0 Å². The van der Waals surface area contributed by atoms with Crippen LogP contribution in [0.4, 0.5) is 0 Å². The first kappa shape index (κ1) is 18.9. The molecule has 4 saturated heterocycles. The van der Waals surface area contributed by atoms with Crippen LogP contribution in [0.15, 0.2) is 30.3 Å². The quantitative estimate of drug-likeness (QED) is 0.765. The number of morpholine rings is 1. The average molecular weight is 372 g/mol. The Morgan fingerprint density at radius 3 is 2.67 bits per heavy atom. The molecule has 0 unspecified atom stereocenters.